The van der Waals surface area contributed by atoms with Crippen LogP contribution in [0.4, 0.5) is 5.13 Å². The number of carbonyl (C=O) groups is 1. The molecule has 0 saturated heterocycles. The van der Waals surface area contributed by atoms with Crippen LogP contribution in [0, 0.1) is 5.92 Å². The van der Waals surface area contributed by atoms with E-state index in [2.05, 4.69) is 33.8 Å². The predicted molar refractivity (Wildman–Crippen MR) is 70.2 cm³/mol. The molecular formula is C11H20N4OS. The van der Waals surface area contributed by atoms with Gasteiger partial charge in [-0.2, -0.15) is 4.37 Å². The zero-order chi connectivity index (χ0) is 12.7. The number of nitrogens with zero attached hydrogens (tertiary/aromatic N) is 2. The fourth-order valence-corrected chi connectivity index (χ4v) is 1.83. The van der Waals surface area contributed by atoms with Crippen molar-refractivity contribution in [3.05, 3.63) is 5.82 Å². The average Bonchev–Trinajstić information content (AvgIpc) is 2.74. The van der Waals surface area contributed by atoms with Crippen molar-refractivity contribution in [2.24, 2.45) is 5.92 Å². The van der Waals surface area contributed by atoms with Gasteiger partial charge in [-0.1, -0.05) is 20.8 Å². The molecular weight excluding hydrogens is 236 g/mol. The molecule has 1 rings (SSSR count). The first-order valence-electron chi connectivity index (χ1n) is 5.95. The Morgan fingerprint density at radius 3 is 2.82 bits per heavy atom. The molecule has 0 aromatic carbocycles. The van der Waals surface area contributed by atoms with Gasteiger partial charge in [0.25, 0.3) is 0 Å². The van der Waals surface area contributed by atoms with E-state index >= 15 is 0 Å². The molecule has 5 nitrogen and oxygen atoms in total. The van der Waals surface area contributed by atoms with Crippen molar-refractivity contribution >= 4 is 22.6 Å². The van der Waals surface area contributed by atoms with E-state index in [-0.39, 0.29) is 5.91 Å². The largest absolute Gasteiger partial charge is 0.360 e. The lowest BCUT2D eigenvalue weighted by atomic mass is 10.2. The topological polar surface area (TPSA) is 66.9 Å². The molecule has 6 heteroatoms. The minimum Gasteiger partial charge on any atom is -0.360 e. The van der Waals surface area contributed by atoms with Crippen LogP contribution in [0.1, 0.15) is 33.0 Å². The molecule has 0 unspecified atom stereocenters. The van der Waals surface area contributed by atoms with Gasteiger partial charge >= 0.3 is 0 Å². The zero-order valence-electron chi connectivity index (χ0n) is 10.6. The van der Waals surface area contributed by atoms with Gasteiger partial charge in [0.2, 0.25) is 11.0 Å². The van der Waals surface area contributed by atoms with Crippen LogP contribution < -0.4 is 10.6 Å². The van der Waals surface area contributed by atoms with Crippen molar-refractivity contribution in [2.75, 3.05) is 18.4 Å². The molecule has 0 spiro atoms. The van der Waals surface area contributed by atoms with Gasteiger partial charge in [-0.3, -0.25) is 4.79 Å². The fourth-order valence-electron chi connectivity index (χ4n) is 1.16. The van der Waals surface area contributed by atoms with Gasteiger partial charge in [-0.05, 0) is 5.92 Å². The second-order valence-electron chi connectivity index (χ2n) is 4.24. The van der Waals surface area contributed by atoms with Gasteiger partial charge in [-0.25, -0.2) is 4.98 Å². The number of rotatable bonds is 7. The molecule has 17 heavy (non-hydrogen) atoms. The lowest BCUT2D eigenvalue weighted by molar-refractivity contribution is -0.120. The Bertz CT molecular complexity index is 351. The molecule has 1 amide bonds. The smallest absolute Gasteiger partial charge is 0.221 e. The van der Waals surface area contributed by atoms with Crippen molar-refractivity contribution in [1.82, 2.24) is 14.7 Å². The van der Waals surface area contributed by atoms with E-state index < -0.39 is 0 Å². The third-order valence-corrected chi connectivity index (χ3v) is 2.83. The molecule has 1 heterocycles. The molecule has 0 aliphatic rings. The zero-order valence-corrected chi connectivity index (χ0v) is 11.4. The van der Waals surface area contributed by atoms with E-state index in [9.17, 15) is 4.79 Å². The lowest BCUT2D eigenvalue weighted by Gasteiger charge is -2.07. The molecule has 0 aliphatic carbocycles. The standard InChI is InChI=1S/C11H20N4OS/c1-4-9-14-11(17-15-9)12-6-5-10(16)13-7-8(2)3/h8H,4-7H2,1-3H3,(H,13,16)(H,12,14,15). The van der Waals surface area contributed by atoms with Gasteiger partial charge in [0, 0.05) is 37.5 Å². The Morgan fingerprint density at radius 1 is 1.47 bits per heavy atom. The first-order valence-corrected chi connectivity index (χ1v) is 6.72. The van der Waals surface area contributed by atoms with Crippen molar-refractivity contribution < 1.29 is 4.79 Å². The molecule has 0 radical (unpaired) electrons. The summed E-state index contributed by atoms with van der Waals surface area (Å²) >= 11 is 1.34. The summed E-state index contributed by atoms with van der Waals surface area (Å²) in [5.41, 5.74) is 0. The fraction of sp³-hybridized carbons (Fsp3) is 0.727. The molecule has 0 bridgehead atoms. The van der Waals surface area contributed by atoms with Crippen LogP contribution in [0.2, 0.25) is 0 Å². The van der Waals surface area contributed by atoms with E-state index in [1.54, 1.807) is 0 Å². The van der Waals surface area contributed by atoms with E-state index in [1.807, 2.05) is 6.92 Å². The minimum absolute atomic E-state index is 0.0754. The molecule has 1 aromatic rings. The molecule has 2 N–H and O–H groups in total. The van der Waals surface area contributed by atoms with Crippen LogP contribution in [0.5, 0.6) is 0 Å². The highest BCUT2D eigenvalue weighted by molar-refractivity contribution is 7.09. The summed E-state index contributed by atoms with van der Waals surface area (Å²) in [6, 6.07) is 0. The number of aromatic nitrogens is 2. The van der Waals surface area contributed by atoms with Gasteiger partial charge in [0.1, 0.15) is 5.82 Å². The van der Waals surface area contributed by atoms with E-state index in [0.29, 0.717) is 18.9 Å². The average molecular weight is 256 g/mol. The van der Waals surface area contributed by atoms with Crippen molar-refractivity contribution in [1.29, 1.82) is 0 Å². The number of nitrogens with one attached hydrogen (secondary N) is 2. The predicted octanol–water partition coefficient (Wildman–Crippen LogP) is 1.67. The molecule has 0 atom stereocenters. The Balaban J connectivity index is 2.16. The molecule has 0 saturated carbocycles. The Hall–Kier alpha value is -1.17. The minimum atomic E-state index is 0.0754. The highest BCUT2D eigenvalue weighted by Crippen LogP contribution is 2.10. The number of anilines is 1. The quantitative estimate of drug-likeness (QED) is 0.779. The summed E-state index contributed by atoms with van der Waals surface area (Å²) in [7, 11) is 0. The van der Waals surface area contributed by atoms with Crippen molar-refractivity contribution in [2.45, 2.75) is 33.6 Å². The highest BCUT2D eigenvalue weighted by atomic mass is 32.1. The summed E-state index contributed by atoms with van der Waals surface area (Å²) in [5.74, 6) is 1.41. The Labute approximate surface area is 106 Å². The van der Waals surface area contributed by atoms with Crippen LogP contribution in [-0.2, 0) is 11.2 Å². The Kier molecular flexibility index (Phi) is 5.90. The number of amides is 1. The normalized spacial score (nSPS) is 10.6. The summed E-state index contributed by atoms with van der Waals surface area (Å²) in [6.07, 6.45) is 1.31. The summed E-state index contributed by atoms with van der Waals surface area (Å²) in [5, 5.41) is 6.77. The molecule has 0 aliphatic heterocycles. The third kappa shape index (κ3) is 5.63. The summed E-state index contributed by atoms with van der Waals surface area (Å²) in [4.78, 5) is 15.7. The molecule has 0 fully saturated rings. The summed E-state index contributed by atoms with van der Waals surface area (Å²) in [6.45, 7) is 7.50. The summed E-state index contributed by atoms with van der Waals surface area (Å²) < 4.78 is 4.16. The van der Waals surface area contributed by atoms with Gasteiger partial charge in [-0.15, -0.1) is 0 Å². The number of carbonyl (C=O) groups excluding carboxylic acids is 1. The van der Waals surface area contributed by atoms with E-state index in [0.717, 1.165) is 23.9 Å². The highest BCUT2D eigenvalue weighted by Gasteiger charge is 2.04. The lowest BCUT2D eigenvalue weighted by Crippen LogP contribution is -2.28. The van der Waals surface area contributed by atoms with Crippen molar-refractivity contribution in [3.8, 4) is 0 Å². The third-order valence-electron chi connectivity index (χ3n) is 2.12. The number of hydrogen-bond donors (Lipinski definition) is 2. The van der Waals surface area contributed by atoms with E-state index in [1.165, 1.54) is 11.5 Å². The van der Waals surface area contributed by atoms with Gasteiger partial charge in [0.15, 0.2) is 0 Å². The maximum Gasteiger partial charge on any atom is 0.221 e. The second-order valence-corrected chi connectivity index (χ2v) is 5.00. The molecule has 1 aromatic heterocycles. The Morgan fingerprint density at radius 2 is 2.24 bits per heavy atom. The number of hydrogen-bond acceptors (Lipinski definition) is 5. The molecule has 96 valence electrons. The van der Waals surface area contributed by atoms with E-state index in [4.69, 9.17) is 0 Å². The van der Waals surface area contributed by atoms with Crippen LogP contribution in [0.25, 0.3) is 0 Å². The van der Waals surface area contributed by atoms with Crippen LogP contribution in [-0.4, -0.2) is 28.4 Å². The number of aryl methyl sites for hydroxylation is 1. The van der Waals surface area contributed by atoms with Crippen LogP contribution in [0.15, 0.2) is 0 Å². The maximum absolute atomic E-state index is 11.4. The van der Waals surface area contributed by atoms with Gasteiger partial charge in [0.05, 0.1) is 0 Å². The first-order chi connectivity index (χ1) is 8.11. The monoisotopic (exact) mass is 256 g/mol. The SMILES string of the molecule is CCc1nsc(NCCC(=O)NCC(C)C)n1. The van der Waals surface area contributed by atoms with Gasteiger partial charge < -0.3 is 10.6 Å². The van der Waals surface area contributed by atoms with Crippen LogP contribution >= 0.6 is 11.5 Å². The first kappa shape index (κ1) is 13.9. The second kappa shape index (κ2) is 7.21. The van der Waals surface area contributed by atoms with Crippen molar-refractivity contribution in [3.63, 3.8) is 0 Å². The maximum atomic E-state index is 11.4. The van der Waals surface area contributed by atoms with Crippen LogP contribution in [0.3, 0.4) is 0 Å².